The lowest BCUT2D eigenvalue weighted by Crippen LogP contribution is -2.13. The highest BCUT2D eigenvalue weighted by Gasteiger charge is 2.10. The minimum Gasteiger partial charge on any atom is -0.322 e. The molecule has 1 aromatic carbocycles. The van der Waals surface area contributed by atoms with E-state index in [4.69, 9.17) is 0 Å². The SMILES string of the molecule is Cc1cn2ccc(C(=O)Nc3ccc4[nH]c(=O)n(C)c4c3)cc2n1. The van der Waals surface area contributed by atoms with Crippen molar-refractivity contribution in [3.8, 4) is 0 Å². The van der Waals surface area contributed by atoms with Crippen LogP contribution in [0.4, 0.5) is 5.69 Å². The Morgan fingerprint density at radius 1 is 1.25 bits per heavy atom. The Kier molecular flexibility index (Phi) is 3.02. The number of carbonyl (C=O) groups excluding carboxylic acids is 1. The number of amides is 1. The van der Waals surface area contributed by atoms with Gasteiger partial charge in [0.05, 0.1) is 16.7 Å². The summed E-state index contributed by atoms with van der Waals surface area (Å²) in [5.74, 6) is -0.224. The number of benzene rings is 1. The van der Waals surface area contributed by atoms with Gasteiger partial charge in [-0.1, -0.05) is 0 Å². The predicted octanol–water partition coefficient (Wildman–Crippen LogP) is 2.08. The standard InChI is InChI=1S/C17H15N5O2/c1-10-9-22-6-5-11(7-15(22)18-10)16(23)19-12-3-4-13-14(8-12)21(2)17(24)20-13/h3-9H,1-2H3,(H,19,23)(H,20,24). The molecule has 0 atom stereocenters. The third kappa shape index (κ3) is 2.26. The monoisotopic (exact) mass is 321 g/mol. The summed E-state index contributed by atoms with van der Waals surface area (Å²) < 4.78 is 3.37. The van der Waals surface area contributed by atoms with Crippen LogP contribution in [0, 0.1) is 6.92 Å². The number of imidazole rings is 2. The molecule has 0 radical (unpaired) electrons. The first-order valence-corrected chi connectivity index (χ1v) is 7.47. The molecule has 0 saturated heterocycles. The molecule has 0 aliphatic carbocycles. The van der Waals surface area contributed by atoms with E-state index in [-0.39, 0.29) is 11.6 Å². The zero-order valence-electron chi connectivity index (χ0n) is 13.2. The van der Waals surface area contributed by atoms with E-state index >= 15 is 0 Å². The number of hydrogen-bond acceptors (Lipinski definition) is 3. The van der Waals surface area contributed by atoms with E-state index in [1.807, 2.05) is 23.7 Å². The van der Waals surface area contributed by atoms with Crippen molar-refractivity contribution in [3.63, 3.8) is 0 Å². The van der Waals surface area contributed by atoms with E-state index < -0.39 is 0 Å². The number of rotatable bonds is 2. The molecule has 0 fully saturated rings. The van der Waals surface area contributed by atoms with Gasteiger partial charge in [-0.15, -0.1) is 0 Å². The number of aromatic amines is 1. The van der Waals surface area contributed by atoms with Crippen LogP contribution >= 0.6 is 0 Å². The summed E-state index contributed by atoms with van der Waals surface area (Å²) in [7, 11) is 1.68. The van der Waals surface area contributed by atoms with Gasteiger partial charge in [-0.3, -0.25) is 9.36 Å². The zero-order chi connectivity index (χ0) is 16.8. The first-order valence-electron chi connectivity index (χ1n) is 7.47. The smallest absolute Gasteiger partial charge is 0.322 e. The van der Waals surface area contributed by atoms with Gasteiger partial charge in [0.2, 0.25) is 0 Å². The van der Waals surface area contributed by atoms with Gasteiger partial charge in [-0.2, -0.15) is 0 Å². The zero-order valence-corrected chi connectivity index (χ0v) is 13.2. The first-order chi connectivity index (χ1) is 11.5. The van der Waals surface area contributed by atoms with Crippen LogP contribution in [-0.4, -0.2) is 24.8 Å². The molecule has 3 aromatic heterocycles. The van der Waals surface area contributed by atoms with Crippen molar-refractivity contribution in [1.29, 1.82) is 0 Å². The van der Waals surface area contributed by atoms with Crippen LogP contribution in [0.1, 0.15) is 16.1 Å². The fraction of sp³-hybridized carbons (Fsp3) is 0.118. The Morgan fingerprint density at radius 2 is 2.08 bits per heavy atom. The second-order valence-corrected chi connectivity index (χ2v) is 5.74. The van der Waals surface area contributed by atoms with Gasteiger partial charge in [-0.05, 0) is 37.3 Å². The number of carbonyl (C=O) groups is 1. The summed E-state index contributed by atoms with van der Waals surface area (Å²) in [5.41, 5.74) is 4.05. The largest absolute Gasteiger partial charge is 0.326 e. The van der Waals surface area contributed by atoms with Crippen LogP contribution in [-0.2, 0) is 7.05 Å². The van der Waals surface area contributed by atoms with Crippen molar-refractivity contribution in [2.75, 3.05) is 5.32 Å². The Bertz CT molecular complexity index is 1150. The quantitative estimate of drug-likeness (QED) is 0.593. The van der Waals surface area contributed by atoms with Crippen molar-refractivity contribution in [2.24, 2.45) is 7.05 Å². The van der Waals surface area contributed by atoms with Crippen molar-refractivity contribution in [2.45, 2.75) is 6.92 Å². The second kappa shape index (κ2) is 5.09. The van der Waals surface area contributed by atoms with Crippen molar-refractivity contribution in [1.82, 2.24) is 18.9 Å². The Labute approximate surface area is 136 Å². The summed E-state index contributed by atoms with van der Waals surface area (Å²) in [6, 6.07) is 8.78. The maximum absolute atomic E-state index is 12.5. The van der Waals surface area contributed by atoms with E-state index in [1.165, 1.54) is 4.57 Å². The molecule has 120 valence electrons. The lowest BCUT2D eigenvalue weighted by molar-refractivity contribution is 0.102. The number of fused-ring (bicyclic) bond motifs is 2. The van der Waals surface area contributed by atoms with Gasteiger partial charge < -0.3 is 14.7 Å². The van der Waals surface area contributed by atoms with E-state index in [2.05, 4.69) is 15.3 Å². The molecule has 2 N–H and O–H groups in total. The van der Waals surface area contributed by atoms with Crippen LogP contribution in [0.3, 0.4) is 0 Å². The minimum atomic E-state index is -0.224. The lowest BCUT2D eigenvalue weighted by atomic mass is 10.2. The highest BCUT2D eigenvalue weighted by molar-refractivity contribution is 6.05. The number of nitrogens with zero attached hydrogens (tertiary/aromatic N) is 3. The minimum absolute atomic E-state index is 0.186. The molecule has 24 heavy (non-hydrogen) atoms. The van der Waals surface area contributed by atoms with Crippen molar-refractivity contribution >= 4 is 28.3 Å². The van der Waals surface area contributed by atoms with Gasteiger partial charge in [0.1, 0.15) is 5.65 Å². The summed E-state index contributed by atoms with van der Waals surface area (Å²) >= 11 is 0. The van der Waals surface area contributed by atoms with Crippen LogP contribution in [0.2, 0.25) is 0 Å². The molecule has 4 aromatic rings. The fourth-order valence-corrected chi connectivity index (χ4v) is 2.75. The maximum Gasteiger partial charge on any atom is 0.326 e. The number of nitrogens with one attached hydrogen (secondary N) is 2. The van der Waals surface area contributed by atoms with Gasteiger partial charge in [0.25, 0.3) is 5.91 Å². The molecule has 0 spiro atoms. The van der Waals surface area contributed by atoms with Crippen LogP contribution in [0.5, 0.6) is 0 Å². The van der Waals surface area contributed by atoms with Gasteiger partial charge in [0.15, 0.2) is 0 Å². The molecule has 0 saturated carbocycles. The molecule has 4 rings (SSSR count). The van der Waals surface area contributed by atoms with E-state index in [1.54, 1.807) is 37.4 Å². The van der Waals surface area contributed by atoms with Crippen molar-refractivity contribution in [3.05, 3.63) is 64.5 Å². The topological polar surface area (TPSA) is 84.2 Å². The highest BCUT2D eigenvalue weighted by Crippen LogP contribution is 2.17. The molecule has 0 aliphatic rings. The fourth-order valence-electron chi connectivity index (χ4n) is 2.75. The molecule has 1 amide bonds. The van der Waals surface area contributed by atoms with E-state index in [0.29, 0.717) is 11.3 Å². The summed E-state index contributed by atoms with van der Waals surface area (Å²) in [6.07, 6.45) is 3.71. The Hall–Kier alpha value is -3.35. The number of anilines is 1. The van der Waals surface area contributed by atoms with E-state index in [0.717, 1.165) is 22.4 Å². The summed E-state index contributed by atoms with van der Waals surface area (Å²) in [6.45, 7) is 1.91. The average molecular weight is 321 g/mol. The Morgan fingerprint density at radius 3 is 2.92 bits per heavy atom. The molecular weight excluding hydrogens is 306 g/mol. The number of pyridine rings is 1. The van der Waals surface area contributed by atoms with Crippen LogP contribution in [0.15, 0.2) is 47.5 Å². The number of H-pyrrole nitrogens is 1. The second-order valence-electron chi connectivity index (χ2n) is 5.74. The molecule has 0 unspecified atom stereocenters. The third-order valence-corrected chi connectivity index (χ3v) is 4.01. The lowest BCUT2D eigenvalue weighted by Gasteiger charge is -2.06. The van der Waals surface area contributed by atoms with Gasteiger partial charge in [0, 0.05) is 30.7 Å². The van der Waals surface area contributed by atoms with E-state index in [9.17, 15) is 9.59 Å². The molecule has 0 aliphatic heterocycles. The summed E-state index contributed by atoms with van der Waals surface area (Å²) in [4.78, 5) is 31.2. The van der Waals surface area contributed by atoms with Crippen molar-refractivity contribution < 1.29 is 4.79 Å². The molecule has 7 heteroatoms. The predicted molar refractivity (Wildman–Crippen MR) is 91.4 cm³/mol. The Balaban J connectivity index is 1.67. The average Bonchev–Trinajstić information content (AvgIpc) is 3.06. The molecule has 7 nitrogen and oxygen atoms in total. The normalized spacial score (nSPS) is 11.2. The van der Waals surface area contributed by atoms with Gasteiger partial charge >= 0.3 is 5.69 Å². The number of aryl methyl sites for hydroxylation is 2. The summed E-state index contributed by atoms with van der Waals surface area (Å²) in [5, 5.41) is 2.85. The molecule has 3 heterocycles. The maximum atomic E-state index is 12.5. The van der Waals surface area contributed by atoms with Gasteiger partial charge in [-0.25, -0.2) is 9.78 Å². The third-order valence-electron chi connectivity index (χ3n) is 4.01. The highest BCUT2D eigenvalue weighted by atomic mass is 16.2. The molecular formula is C17H15N5O2. The number of aromatic nitrogens is 4. The van der Waals surface area contributed by atoms with Crippen LogP contribution in [0.25, 0.3) is 16.7 Å². The number of hydrogen-bond donors (Lipinski definition) is 2. The molecule has 0 bridgehead atoms. The first kappa shape index (κ1) is 14.3. The van der Waals surface area contributed by atoms with Crippen LogP contribution < -0.4 is 11.0 Å².